The maximum absolute atomic E-state index is 6.52. The van der Waals surface area contributed by atoms with Crippen LogP contribution in [0.25, 0.3) is 0 Å². The van der Waals surface area contributed by atoms with E-state index >= 15 is 0 Å². The molecule has 108 valence electrons. The van der Waals surface area contributed by atoms with Crippen LogP contribution in [0.2, 0.25) is 0 Å². The van der Waals surface area contributed by atoms with E-state index in [9.17, 15) is 0 Å². The van der Waals surface area contributed by atoms with Crippen molar-refractivity contribution in [3.8, 4) is 5.75 Å². The van der Waals surface area contributed by atoms with Gasteiger partial charge in [-0.3, -0.25) is 0 Å². The number of benzene rings is 1. The molecule has 0 fully saturated rings. The molecule has 0 aliphatic rings. The normalized spacial score (nSPS) is 12.4. The quantitative estimate of drug-likeness (QED) is 0.306. The number of halogens is 3. The number of methoxy groups -OCH3 is 1. The third-order valence-corrected chi connectivity index (χ3v) is 5.60. The maximum Gasteiger partial charge on any atom is 0.133 e. The van der Waals surface area contributed by atoms with Gasteiger partial charge in [-0.25, -0.2) is 0 Å². The Kier molecular flexibility index (Phi) is 6.61. The maximum atomic E-state index is 6.52. The molecule has 0 bridgehead atoms. The molecule has 20 heavy (non-hydrogen) atoms. The monoisotopic (exact) mass is 486 g/mol. The summed E-state index contributed by atoms with van der Waals surface area (Å²) in [4.78, 5) is 0. The first-order chi connectivity index (χ1) is 9.61. The van der Waals surface area contributed by atoms with Crippen molar-refractivity contribution in [2.45, 2.75) is 5.38 Å². The number of hydrogen-bond donors (Lipinski definition) is 0. The van der Waals surface area contributed by atoms with E-state index in [1.54, 1.807) is 18.4 Å². The second kappa shape index (κ2) is 7.98. The van der Waals surface area contributed by atoms with E-state index in [4.69, 9.17) is 21.1 Å². The molecular formula is C14H13BrClIO2S. The Morgan fingerprint density at radius 1 is 1.30 bits per heavy atom. The molecule has 1 aromatic carbocycles. The largest absolute Gasteiger partial charge is 0.490 e. The van der Waals surface area contributed by atoms with E-state index in [1.807, 2.05) is 18.2 Å². The van der Waals surface area contributed by atoms with Crippen LogP contribution in [0.5, 0.6) is 5.75 Å². The van der Waals surface area contributed by atoms with E-state index in [2.05, 4.69) is 50.0 Å². The molecule has 2 aromatic rings. The minimum Gasteiger partial charge on any atom is -0.490 e. The fourth-order valence-electron chi connectivity index (χ4n) is 1.68. The minimum absolute atomic E-state index is 0.140. The Balaban J connectivity index is 2.12. The molecule has 1 atom stereocenters. The molecule has 0 amide bonds. The lowest BCUT2D eigenvalue weighted by Crippen LogP contribution is -2.04. The Labute approximate surface area is 149 Å². The van der Waals surface area contributed by atoms with Crippen molar-refractivity contribution < 1.29 is 9.47 Å². The van der Waals surface area contributed by atoms with Crippen molar-refractivity contribution >= 4 is 61.5 Å². The van der Waals surface area contributed by atoms with Crippen molar-refractivity contribution in [3.63, 3.8) is 0 Å². The van der Waals surface area contributed by atoms with Crippen molar-refractivity contribution in [3.05, 3.63) is 48.1 Å². The molecule has 0 aliphatic carbocycles. The predicted molar refractivity (Wildman–Crippen MR) is 96.2 cm³/mol. The van der Waals surface area contributed by atoms with Gasteiger partial charge in [0.05, 0.1) is 19.3 Å². The summed E-state index contributed by atoms with van der Waals surface area (Å²) < 4.78 is 12.7. The molecule has 0 N–H and O–H groups in total. The van der Waals surface area contributed by atoms with Crippen LogP contribution in [0.1, 0.15) is 16.5 Å². The second-order valence-corrected chi connectivity index (χ2v) is 8.17. The summed E-state index contributed by atoms with van der Waals surface area (Å²) in [6.45, 7) is 1.10. The van der Waals surface area contributed by atoms with Gasteiger partial charge < -0.3 is 9.47 Å². The van der Waals surface area contributed by atoms with E-state index < -0.39 is 0 Å². The van der Waals surface area contributed by atoms with Gasteiger partial charge >= 0.3 is 0 Å². The highest BCUT2D eigenvalue weighted by molar-refractivity contribution is 14.1. The molecule has 1 aromatic heterocycles. The van der Waals surface area contributed by atoms with Gasteiger partial charge in [0, 0.05) is 7.11 Å². The molecular weight excluding hydrogens is 474 g/mol. The van der Waals surface area contributed by atoms with Crippen LogP contribution in [-0.4, -0.2) is 20.3 Å². The zero-order valence-corrected chi connectivity index (χ0v) is 16.1. The van der Waals surface area contributed by atoms with Crippen LogP contribution in [0.3, 0.4) is 0 Å². The van der Waals surface area contributed by atoms with Gasteiger partial charge in [-0.2, -0.15) is 0 Å². The average molecular weight is 488 g/mol. The van der Waals surface area contributed by atoms with Crippen LogP contribution < -0.4 is 4.74 Å². The Morgan fingerprint density at radius 3 is 2.70 bits per heavy atom. The Hall–Kier alpha value is 0.180. The molecule has 2 nitrogen and oxygen atoms in total. The van der Waals surface area contributed by atoms with Gasteiger partial charge in [0.25, 0.3) is 0 Å². The SMILES string of the molecule is COCCOc1ccc(C(Cl)c2csc(I)c2)cc1Br. The third-order valence-electron chi connectivity index (χ3n) is 2.67. The minimum atomic E-state index is -0.140. The summed E-state index contributed by atoms with van der Waals surface area (Å²) >= 11 is 14.0. The number of rotatable bonds is 6. The van der Waals surface area contributed by atoms with Crippen molar-refractivity contribution in [1.82, 2.24) is 0 Å². The van der Waals surface area contributed by atoms with Gasteiger partial charge in [0.15, 0.2) is 0 Å². The van der Waals surface area contributed by atoms with E-state index in [1.165, 1.54) is 2.88 Å². The van der Waals surface area contributed by atoms with E-state index in [-0.39, 0.29) is 5.38 Å². The topological polar surface area (TPSA) is 18.5 Å². The highest BCUT2D eigenvalue weighted by Gasteiger charge is 2.14. The highest BCUT2D eigenvalue weighted by atomic mass is 127. The van der Waals surface area contributed by atoms with Crippen molar-refractivity contribution in [2.75, 3.05) is 20.3 Å². The molecule has 2 rings (SSSR count). The summed E-state index contributed by atoms with van der Waals surface area (Å²) in [6.07, 6.45) is 0. The average Bonchev–Trinajstić information content (AvgIpc) is 2.86. The number of hydrogen-bond acceptors (Lipinski definition) is 3. The molecule has 6 heteroatoms. The fraction of sp³-hybridized carbons (Fsp3) is 0.286. The van der Waals surface area contributed by atoms with Gasteiger partial charge in [-0.05, 0) is 73.2 Å². The smallest absolute Gasteiger partial charge is 0.133 e. The summed E-state index contributed by atoms with van der Waals surface area (Å²) in [5, 5.41) is 1.95. The number of ether oxygens (including phenoxy) is 2. The summed E-state index contributed by atoms with van der Waals surface area (Å²) in [7, 11) is 1.65. The first-order valence-electron chi connectivity index (χ1n) is 5.91. The summed E-state index contributed by atoms with van der Waals surface area (Å²) in [6, 6.07) is 8.04. The number of thiophene rings is 1. The molecule has 0 aliphatic heterocycles. The summed E-state index contributed by atoms with van der Waals surface area (Å²) in [5.74, 6) is 0.801. The molecule has 0 saturated carbocycles. The first-order valence-corrected chi connectivity index (χ1v) is 9.09. The van der Waals surface area contributed by atoms with E-state index in [0.29, 0.717) is 13.2 Å². The van der Waals surface area contributed by atoms with Gasteiger partial charge in [0.1, 0.15) is 12.4 Å². The van der Waals surface area contributed by atoms with Crippen LogP contribution in [-0.2, 0) is 4.74 Å². The molecule has 1 unspecified atom stereocenters. The molecule has 0 saturated heterocycles. The summed E-state index contributed by atoms with van der Waals surface area (Å²) in [5.41, 5.74) is 2.17. The van der Waals surface area contributed by atoms with Gasteiger partial charge in [-0.1, -0.05) is 6.07 Å². The number of alkyl halides is 1. The van der Waals surface area contributed by atoms with Gasteiger partial charge in [0.2, 0.25) is 0 Å². The lowest BCUT2D eigenvalue weighted by Gasteiger charge is -2.12. The molecule has 0 radical (unpaired) electrons. The zero-order chi connectivity index (χ0) is 14.5. The lowest BCUT2D eigenvalue weighted by molar-refractivity contribution is 0.146. The van der Waals surface area contributed by atoms with E-state index in [0.717, 1.165) is 21.3 Å². The third kappa shape index (κ3) is 4.34. The predicted octanol–water partition coefficient (Wildman–Crippen LogP) is 5.47. The van der Waals surface area contributed by atoms with Crippen molar-refractivity contribution in [1.29, 1.82) is 0 Å². The Bertz CT molecular complexity index is 576. The van der Waals surface area contributed by atoms with Crippen LogP contribution >= 0.6 is 61.5 Å². The first kappa shape index (κ1) is 16.5. The standard InChI is InChI=1S/C14H13BrClIO2S/c1-18-4-5-19-12-3-2-9(6-11(12)15)14(16)10-7-13(17)20-8-10/h2-3,6-8,14H,4-5H2,1H3. The highest BCUT2D eigenvalue weighted by Crippen LogP contribution is 2.36. The fourth-order valence-corrected chi connectivity index (χ4v) is 3.92. The van der Waals surface area contributed by atoms with Crippen molar-refractivity contribution in [2.24, 2.45) is 0 Å². The van der Waals surface area contributed by atoms with Gasteiger partial charge in [-0.15, -0.1) is 22.9 Å². The Morgan fingerprint density at radius 2 is 2.10 bits per heavy atom. The zero-order valence-electron chi connectivity index (χ0n) is 10.7. The van der Waals surface area contributed by atoms with Crippen LogP contribution in [0.4, 0.5) is 0 Å². The van der Waals surface area contributed by atoms with Crippen LogP contribution in [0, 0.1) is 2.88 Å². The molecule has 0 spiro atoms. The second-order valence-electron chi connectivity index (χ2n) is 4.08. The molecule has 1 heterocycles. The van der Waals surface area contributed by atoms with Crippen LogP contribution in [0.15, 0.2) is 34.1 Å². The lowest BCUT2D eigenvalue weighted by atomic mass is 10.1.